The lowest BCUT2D eigenvalue weighted by Crippen LogP contribution is -2.17. The molecule has 0 aliphatic carbocycles. The molecule has 0 aromatic carbocycles. The number of allylic oxidation sites excluding steroid dienone is 2. The van der Waals surface area contributed by atoms with Crippen molar-refractivity contribution >= 4 is 5.97 Å². The van der Waals surface area contributed by atoms with Crippen molar-refractivity contribution in [3.05, 3.63) is 24.0 Å². The Kier molecular flexibility index (Phi) is 5.63. The zero-order valence-electron chi connectivity index (χ0n) is 7.73. The van der Waals surface area contributed by atoms with E-state index in [4.69, 9.17) is 19.7 Å². The summed E-state index contributed by atoms with van der Waals surface area (Å²) in [6.07, 6.45) is 5.23. The number of ether oxygens (including phenoxy) is 1. The highest BCUT2D eigenvalue weighted by molar-refractivity contribution is 5.62. The summed E-state index contributed by atoms with van der Waals surface area (Å²) in [7, 11) is 0. The van der Waals surface area contributed by atoms with Crippen LogP contribution in [0.4, 0.5) is 0 Å². The van der Waals surface area contributed by atoms with E-state index in [1.807, 2.05) is 19.1 Å². The topological polar surface area (TPSA) is 66.8 Å². The normalized spacial score (nSPS) is 19.3. The average molecular weight is 186 g/mol. The maximum atomic E-state index is 9.00. The van der Waals surface area contributed by atoms with Crippen LogP contribution in [-0.4, -0.2) is 28.9 Å². The van der Waals surface area contributed by atoms with Crippen LogP contribution in [0, 0.1) is 0 Å². The predicted octanol–water partition coefficient (Wildman–Crippen LogP) is 0.928. The van der Waals surface area contributed by atoms with E-state index in [1.165, 1.54) is 0 Å². The number of aliphatic hydroxyl groups excluding tert-OH is 1. The fraction of sp³-hybridized carbons (Fsp3) is 0.444. The minimum atomic E-state index is -0.833. The summed E-state index contributed by atoms with van der Waals surface area (Å²) in [5.41, 5.74) is 1.07. The Labute approximate surface area is 77.1 Å². The maximum absolute atomic E-state index is 9.00. The van der Waals surface area contributed by atoms with Crippen LogP contribution in [0.3, 0.4) is 0 Å². The molecule has 1 atom stereocenters. The number of aliphatic hydroxyl groups is 1. The Hall–Kier alpha value is -1.29. The molecule has 74 valence electrons. The third-order valence-corrected chi connectivity index (χ3v) is 1.35. The van der Waals surface area contributed by atoms with Gasteiger partial charge in [-0.2, -0.15) is 0 Å². The molecule has 0 saturated carbocycles. The summed E-state index contributed by atoms with van der Waals surface area (Å²) in [6.45, 7) is 3.08. The van der Waals surface area contributed by atoms with Gasteiger partial charge in [0.05, 0.1) is 12.9 Å². The summed E-state index contributed by atoms with van der Waals surface area (Å²) in [4.78, 5) is 9.00. The van der Waals surface area contributed by atoms with Gasteiger partial charge in [-0.15, -0.1) is 0 Å². The SMILES string of the molecule is CC(=O)O.CC1=CC=COC1CO. The second-order valence-corrected chi connectivity index (χ2v) is 2.57. The summed E-state index contributed by atoms with van der Waals surface area (Å²) < 4.78 is 5.04. The van der Waals surface area contributed by atoms with Gasteiger partial charge in [0.15, 0.2) is 0 Å². The minimum Gasteiger partial charge on any atom is -0.491 e. The van der Waals surface area contributed by atoms with E-state index < -0.39 is 5.97 Å². The highest BCUT2D eigenvalue weighted by atomic mass is 16.5. The van der Waals surface area contributed by atoms with Crippen LogP contribution in [0.2, 0.25) is 0 Å². The van der Waals surface area contributed by atoms with E-state index in [1.54, 1.807) is 6.26 Å². The Bertz CT molecular complexity index is 214. The van der Waals surface area contributed by atoms with Crippen LogP contribution in [-0.2, 0) is 9.53 Å². The Balaban J connectivity index is 0.000000310. The van der Waals surface area contributed by atoms with E-state index in [0.29, 0.717) is 0 Å². The molecular weight excluding hydrogens is 172 g/mol. The molecule has 0 radical (unpaired) electrons. The first-order valence-corrected chi connectivity index (χ1v) is 3.87. The highest BCUT2D eigenvalue weighted by Crippen LogP contribution is 2.10. The van der Waals surface area contributed by atoms with Crippen molar-refractivity contribution in [2.24, 2.45) is 0 Å². The van der Waals surface area contributed by atoms with Crippen molar-refractivity contribution < 1.29 is 19.7 Å². The van der Waals surface area contributed by atoms with Crippen LogP contribution < -0.4 is 0 Å². The van der Waals surface area contributed by atoms with Crippen molar-refractivity contribution in [1.29, 1.82) is 0 Å². The lowest BCUT2D eigenvalue weighted by atomic mass is 10.1. The van der Waals surface area contributed by atoms with Gasteiger partial charge >= 0.3 is 0 Å². The third-order valence-electron chi connectivity index (χ3n) is 1.35. The molecule has 0 aromatic rings. The number of rotatable bonds is 1. The monoisotopic (exact) mass is 186 g/mol. The van der Waals surface area contributed by atoms with Crippen molar-refractivity contribution in [2.75, 3.05) is 6.61 Å². The van der Waals surface area contributed by atoms with E-state index in [2.05, 4.69) is 0 Å². The third kappa shape index (κ3) is 5.93. The standard InChI is InChI=1S/C7H10O2.C2H4O2/c1-6-3-2-4-9-7(6)5-8;1-2(3)4/h2-4,7-8H,5H2,1H3;1H3,(H,3,4). The van der Waals surface area contributed by atoms with Gasteiger partial charge in [-0.05, 0) is 18.6 Å². The molecule has 1 aliphatic rings. The second kappa shape index (κ2) is 6.25. The van der Waals surface area contributed by atoms with E-state index in [9.17, 15) is 0 Å². The van der Waals surface area contributed by atoms with E-state index >= 15 is 0 Å². The molecule has 2 N–H and O–H groups in total. The largest absolute Gasteiger partial charge is 0.491 e. The number of carboxylic acid groups (broad SMARTS) is 1. The van der Waals surface area contributed by atoms with E-state index in [-0.39, 0.29) is 12.7 Å². The first-order chi connectivity index (χ1) is 6.07. The van der Waals surface area contributed by atoms with Crippen LogP contribution in [0.1, 0.15) is 13.8 Å². The van der Waals surface area contributed by atoms with Gasteiger partial charge in [0.25, 0.3) is 5.97 Å². The number of carbonyl (C=O) groups is 1. The zero-order chi connectivity index (χ0) is 10.3. The Morgan fingerprint density at radius 1 is 1.69 bits per heavy atom. The fourth-order valence-electron chi connectivity index (χ4n) is 0.733. The highest BCUT2D eigenvalue weighted by Gasteiger charge is 2.09. The quantitative estimate of drug-likeness (QED) is 0.639. The molecule has 1 unspecified atom stereocenters. The zero-order valence-corrected chi connectivity index (χ0v) is 7.73. The van der Waals surface area contributed by atoms with Crippen molar-refractivity contribution in [1.82, 2.24) is 0 Å². The predicted molar refractivity (Wildman–Crippen MR) is 48.2 cm³/mol. The van der Waals surface area contributed by atoms with Gasteiger partial charge < -0.3 is 14.9 Å². The molecule has 0 saturated heterocycles. The number of hydrogen-bond acceptors (Lipinski definition) is 3. The molecule has 13 heavy (non-hydrogen) atoms. The van der Waals surface area contributed by atoms with Gasteiger partial charge in [0.1, 0.15) is 6.10 Å². The van der Waals surface area contributed by atoms with Gasteiger partial charge in [0, 0.05) is 6.92 Å². The van der Waals surface area contributed by atoms with Crippen LogP contribution in [0.15, 0.2) is 24.0 Å². The molecular formula is C9H14O4. The molecule has 1 aliphatic heterocycles. The lowest BCUT2D eigenvalue weighted by molar-refractivity contribution is -0.134. The first kappa shape index (κ1) is 11.7. The molecule has 1 rings (SSSR count). The molecule has 1 heterocycles. The van der Waals surface area contributed by atoms with Crippen LogP contribution in [0.25, 0.3) is 0 Å². The molecule has 0 fully saturated rings. The molecule has 4 nitrogen and oxygen atoms in total. The van der Waals surface area contributed by atoms with Gasteiger partial charge in [-0.25, -0.2) is 0 Å². The average Bonchev–Trinajstić information content (AvgIpc) is 2.04. The summed E-state index contributed by atoms with van der Waals surface area (Å²) in [5, 5.41) is 16.1. The first-order valence-electron chi connectivity index (χ1n) is 3.87. The second-order valence-electron chi connectivity index (χ2n) is 2.57. The van der Waals surface area contributed by atoms with Gasteiger partial charge in [0.2, 0.25) is 0 Å². The van der Waals surface area contributed by atoms with Gasteiger partial charge in [-0.1, -0.05) is 6.08 Å². The van der Waals surface area contributed by atoms with Crippen molar-refractivity contribution in [2.45, 2.75) is 20.0 Å². The molecule has 0 spiro atoms. The minimum absolute atomic E-state index is 0.0622. The number of carboxylic acids is 1. The maximum Gasteiger partial charge on any atom is 0.300 e. The van der Waals surface area contributed by atoms with Gasteiger partial charge in [-0.3, -0.25) is 4.79 Å². The summed E-state index contributed by atoms with van der Waals surface area (Å²) in [5.74, 6) is -0.833. The number of hydrogen-bond donors (Lipinski definition) is 2. The van der Waals surface area contributed by atoms with Crippen LogP contribution in [0.5, 0.6) is 0 Å². The summed E-state index contributed by atoms with van der Waals surface area (Å²) in [6, 6.07) is 0. The molecule has 0 amide bonds. The molecule has 0 aromatic heterocycles. The fourth-order valence-corrected chi connectivity index (χ4v) is 0.733. The smallest absolute Gasteiger partial charge is 0.300 e. The Morgan fingerprint density at radius 2 is 2.23 bits per heavy atom. The molecule has 4 heteroatoms. The van der Waals surface area contributed by atoms with Crippen molar-refractivity contribution in [3.63, 3.8) is 0 Å². The van der Waals surface area contributed by atoms with Crippen LogP contribution >= 0.6 is 0 Å². The van der Waals surface area contributed by atoms with E-state index in [0.717, 1.165) is 12.5 Å². The Morgan fingerprint density at radius 3 is 2.54 bits per heavy atom. The molecule has 0 bridgehead atoms. The lowest BCUT2D eigenvalue weighted by Gasteiger charge is -2.16. The number of aliphatic carboxylic acids is 1. The summed E-state index contributed by atoms with van der Waals surface area (Å²) >= 11 is 0. The van der Waals surface area contributed by atoms with Crippen molar-refractivity contribution in [3.8, 4) is 0 Å².